The first-order chi connectivity index (χ1) is 15.4. The number of methoxy groups -OCH3 is 2. The summed E-state index contributed by atoms with van der Waals surface area (Å²) in [5.41, 5.74) is 2.01. The SMILES string of the molecule is COc1cccc(/C=C2\Oc3c(ccc(OC(=O)c4ccc(Br)cc4)c3C)C2=O)c1OC. The summed E-state index contributed by atoms with van der Waals surface area (Å²) in [6.45, 7) is 1.74. The summed E-state index contributed by atoms with van der Waals surface area (Å²) in [6.07, 6.45) is 1.61. The minimum absolute atomic E-state index is 0.144. The molecule has 6 nitrogen and oxygen atoms in total. The number of allylic oxidation sites excluding steroid dienone is 1. The molecule has 0 fully saturated rings. The van der Waals surface area contributed by atoms with Crippen LogP contribution in [0.15, 0.2) is 64.8 Å². The number of carbonyl (C=O) groups is 2. The lowest BCUT2D eigenvalue weighted by Crippen LogP contribution is -2.09. The van der Waals surface area contributed by atoms with E-state index in [4.69, 9.17) is 18.9 Å². The van der Waals surface area contributed by atoms with Gasteiger partial charge in [0.1, 0.15) is 11.5 Å². The lowest BCUT2D eigenvalue weighted by molar-refractivity contribution is 0.0733. The van der Waals surface area contributed by atoms with Crippen LogP contribution in [0.3, 0.4) is 0 Å². The van der Waals surface area contributed by atoms with Gasteiger partial charge < -0.3 is 18.9 Å². The fraction of sp³-hybridized carbons (Fsp3) is 0.120. The molecule has 0 atom stereocenters. The van der Waals surface area contributed by atoms with Crippen molar-refractivity contribution in [3.05, 3.63) is 87.1 Å². The van der Waals surface area contributed by atoms with Gasteiger partial charge >= 0.3 is 5.97 Å². The molecule has 0 saturated carbocycles. The van der Waals surface area contributed by atoms with Crippen molar-refractivity contribution in [2.75, 3.05) is 14.2 Å². The first-order valence-electron chi connectivity index (χ1n) is 9.69. The summed E-state index contributed by atoms with van der Waals surface area (Å²) < 4.78 is 23.0. The third kappa shape index (κ3) is 3.99. The molecular weight excluding hydrogens is 476 g/mol. The van der Waals surface area contributed by atoms with Crippen molar-refractivity contribution in [3.8, 4) is 23.0 Å². The lowest BCUT2D eigenvalue weighted by Gasteiger charge is -2.11. The topological polar surface area (TPSA) is 71.1 Å². The van der Waals surface area contributed by atoms with Gasteiger partial charge in [-0.15, -0.1) is 0 Å². The van der Waals surface area contributed by atoms with E-state index < -0.39 is 5.97 Å². The summed E-state index contributed by atoms with van der Waals surface area (Å²) in [7, 11) is 3.07. The molecular formula is C25H19BrO6. The van der Waals surface area contributed by atoms with Gasteiger partial charge in [-0.05, 0) is 55.5 Å². The van der Waals surface area contributed by atoms with E-state index in [0.29, 0.717) is 45.3 Å². The average Bonchev–Trinajstić information content (AvgIpc) is 3.11. The molecule has 0 unspecified atom stereocenters. The molecule has 0 spiro atoms. The van der Waals surface area contributed by atoms with Crippen LogP contribution in [0.25, 0.3) is 6.08 Å². The van der Waals surface area contributed by atoms with Crippen molar-refractivity contribution >= 4 is 33.8 Å². The normalized spacial score (nSPS) is 13.5. The minimum atomic E-state index is -0.498. The van der Waals surface area contributed by atoms with Crippen molar-refractivity contribution < 1.29 is 28.5 Å². The highest BCUT2D eigenvalue weighted by Crippen LogP contribution is 2.40. The molecule has 1 aliphatic rings. The Labute approximate surface area is 193 Å². The van der Waals surface area contributed by atoms with E-state index in [1.165, 1.54) is 7.11 Å². The van der Waals surface area contributed by atoms with Crippen LogP contribution in [0.2, 0.25) is 0 Å². The van der Waals surface area contributed by atoms with E-state index in [2.05, 4.69) is 15.9 Å². The molecule has 3 aromatic carbocycles. The van der Waals surface area contributed by atoms with Gasteiger partial charge in [0.2, 0.25) is 5.78 Å². The largest absolute Gasteiger partial charge is 0.493 e. The Morgan fingerprint density at radius 3 is 2.41 bits per heavy atom. The van der Waals surface area contributed by atoms with Gasteiger partial charge in [0.15, 0.2) is 17.3 Å². The average molecular weight is 495 g/mol. The Bertz CT molecular complexity index is 1240. The van der Waals surface area contributed by atoms with Crippen LogP contribution in [-0.4, -0.2) is 26.0 Å². The molecule has 1 aliphatic heterocycles. The van der Waals surface area contributed by atoms with Gasteiger partial charge in [0.25, 0.3) is 0 Å². The number of hydrogen-bond donors (Lipinski definition) is 0. The summed E-state index contributed by atoms with van der Waals surface area (Å²) >= 11 is 3.34. The van der Waals surface area contributed by atoms with Gasteiger partial charge in [-0.3, -0.25) is 4.79 Å². The number of carbonyl (C=O) groups excluding carboxylic acids is 2. The molecule has 4 rings (SSSR count). The van der Waals surface area contributed by atoms with E-state index in [9.17, 15) is 9.59 Å². The molecule has 0 aliphatic carbocycles. The van der Waals surface area contributed by atoms with Crippen molar-refractivity contribution in [1.29, 1.82) is 0 Å². The van der Waals surface area contributed by atoms with Crippen molar-refractivity contribution in [2.24, 2.45) is 0 Å². The van der Waals surface area contributed by atoms with E-state index in [0.717, 1.165) is 4.47 Å². The van der Waals surface area contributed by atoms with Crippen LogP contribution in [0.4, 0.5) is 0 Å². The Morgan fingerprint density at radius 2 is 1.72 bits per heavy atom. The van der Waals surface area contributed by atoms with Crippen LogP contribution >= 0.6 is 15.9 Å². The number of hydrogen-bond acceptors (Lipinski definition) is 6. The monoisotopic (exact) mass is 494 g/mol. The number of benzene rings is 3. The molecule has 32 heavy (non-hydrogen) atoms. The smallest absolute Gasteiger partial charge is 0.343 e. The van der Waals surface area contributed by atoms with Gasteiger partial charge in [0, 0.05) is 15.6 Å². The highest BCUT2D eigenvalue weighted by Gasteiger charge is 2.31. The summed E-state index contributed by atoms with van der Waals surface area (Å²) in [6, 6.07) is 15.4. The van der Waals surface area contributed by atoms with Gasteiger partial charge in [-0.1, -0.05) is 28.1 Å². The van der Waals surface area contributed by atoms with Crippen LogP contribution < -0.4 is 18.9 Å². The molecule has 0 radical (unpaired) electrons. The molecule has 0 aromatic heterocycles. The highest BCUT2D eigenvalue weighted by molar-refractivity contribution is 9.10. The highest BCUT2D eigenvalue weighted by atomic mass is 79.9. The van der Waals surface area contributed by atoms with Crippen molar-refractivity contribution in [2.45, 2.75) is 6.92 Å². The second-order valence-corrected chi connectivity index (χ2v) is 7.90. The number of rotatable bonds is 5. The zero-order chi connectivity index (χ0) is 22.8. The Balaban J connectivity index is 1.63. The quantitative estimate of drug-likeness (QED) is 0.260. The number of para-hydroxylation sites is 1. The van der Waals surface area contributed by atoms with Crippen molar-refractivity contribution in [1.82, 2.24) is 0 Å². The first kappa shape index (κ1) is 21.6. The van der Waals surface area contributed by atoms with Crippen LogP contribution in [0.5, 0.6) is 23.0 Å². The van der Waals surface area contributed by atoms with E-state index in [1.807, 2.05) is 0 Å². The Hall–Kier alpha value is -3.58. The van der Waals surface area contributed by atoms with Crippen LogP contribution in [0.1, 0.15) is 31.8 Å². The zero-order valence-corrected chi connectivity index (χ0v) is 19.2. The second kappa shape index (κ2) is 8.88. The molecule has 162 valence electrons. The minimum Gasteiger partial charge on any atom is -0.493 e. The summed E-state index contributed by atoms with van der Waals surface area (Å²) in [4.78, 5) is 25.4. The summed E-state index contributed by atoms with van der Waals surface area (Å²) in [5.74, 6) is 1.11. The molecule has 0 bridgehead atoms. The third-order valence-electron chi connectivity index (χ3n) is 5.04. The second-order valence-electron chi connectivity index (χ2n) is 6.98. The lowest BCUT2D eigenvalue weighted by atomic mass is 10.1. The molecule has 3 aromatic rings. The Morgan fingerprint density at radius 1 is 0.969 bits per heavy atom. The molecule has 7 heteroatoms. The van der Waals surface area contributed by atoms with Gasteiger partial charge in [-0.2, -0.15) is 0 Å². The van der Waals surface area contributed by atoms with Crippen LogP contribution in [-0.2, 0) is 0 Å². The van der Waals surface area contributed by atoms with Crippen LogP contribution in [0, 0.1) is 6.92 Å². The Kier molecular flexibility index (Phi) is 6.01. The third-order valence-corrected chi connectivity index (χ3v) is 5.57. The molecule has 0 saturated heterocycles. The van der Waals surface area contributed by atoms with Gasteiger partial charge in [-0.25, -0.2) is 4.79 Å². The number of halogens is 1. The van der Waals surface area contributed by atoms with E-state index in [-0.39, 0.29) is 11.5 Å². The van der Waals surface area contributed by atoms with Gasteiger partial charge in [0.05, 0.1) is 25.3 Å². The van der Waals surface area contributed by atoms with Crippen molar-refractivity contribution in [3.63, 3.8) is 0 Å². The number of fused-ring (bicyclic) bond motifs is 1. The molecule has 0 amide bonds. The first-order valence-corrected chi connectivity index (χ1v) is 10.5. The fourth-order valence-corrected chi connectivity index (χ4v) is 3.65. The molecule has 1 heterocycles. The maximum atomic E-state index is 12.9. The number of ketones is 1. The molecule has 0 N–H and O–H groups in total. The standard InChI is InChI=1S/C25H19BrO6/c1-14-19(32-25(28)15-7-9-17(26)10-8-15)12-11-18-22(27)21(31-23(14)18)13-16-5-4-6-20(29-2)24(16)30-3/h4-13H,1-3H3/b21-13-. The summed E-state index contributed by atoms with van der Waals surface area (Å²) in [5, 5.41) is 0. The number of ether oxygens (including phenoxy) is 4. The maximum Gasteiger partial charge on any atom is 0.343 e. The number of Topliss-reactive ketones (excluding diaryl/α,β-unsaturated/α-hetero) is 1. The van der Waals surface area contributed by atoms with E-state index >= 15 is 0 Å². The zero-order valence-electron chi connectivity index (χ0n) is 17.6. The van der Waals surface area contributed by atoms with E-state index in [1.54, 1.807) is 74.7 Å². The predicted octanol–water partition coefficient (Wildman–Crippen LogP) is 5.61. The number of esters is 1. The maximum absolute atomic E-state index is 12.9. The predicted molar refractivity (Wildman–Crippen MR) is 123 cm³/mol. The fourth-order valence-electron chi connectivity index (χ4n) is 3.39.